The zero-order valence-electron chi connectivity index (χ0n) is 11.0. The molecule has 2 aromatic rings. The number of rotatable bonds is 2. The average Bonchev–Trinajstić information content (AvgIpc) is 2.82. The molecule has 2 N–H and O–H groups in total. The van der Waals surface area contributed by atoms with Gasteiger partial charge in [0.2, 0.25) is 0 Å². The maximum absolute atomic E-state index is 13.4. The van der Waals surface area contributed by atoms with Crippen molar-refractivity contribution in [2.45, 2.75) is 25.1 Å². The molecular weight excluding hydrogens is 260 g/mol. The highest BCUT2D eigenvalue weighted by Crippen LogP contribution is 2.39. The van der Waals surface area contributed by atoms with Crippen LogP contribution < -0.4 is 5.32 Å². The van der Waals surface area contributed by atoms with Crippen LogP contribution >= 0.6 is 0 Å². The first-order valence-electron chi connectivity index (χ1n) is 6.48. The van der Waals surface area contributed by atoms with Gasteiger partial charge < -0.3 is 10.4 Å². The van der Waals surface area contributed by atoms with E-state index in [0.29, 0.717) is 6.54 Å². The lowest BCUT2D eigenvalue weighted by molar-refractivity contribution is 0.0171. The van der Waals surface area contributed by atoms with Gasteiger partial charge in [0.05, 0.1) is 6.04 Å². The number of hydrogen-bond donors (Lipinski definition) is 2. The summed E-state index contributed by atoms with van der Waals surface area (Å²) in [5, 5.41) is 14.0. The summed E-state index contributed by atoms with van der Waals surface area (Å²) in [6.07, 6.45) is 0. The Hall–Kier alpha value is -1.78. The summed E-state index contributed by atoms with van der Waals surface area (Å²) in [6.45, 7) is 2.20. The smallest absolute Gasteiger partial charge is 0.126 e. The van der Waals surface area contributed by atoms with E-state index in [4.69, 9.17) is 0 Å². The molecule has 2 unspecified atom stereocenters. The van der Waals surface area contributed by atoms with Crippen molar-refractivity contribution in [2.75, 3.05) is 0 Å². The molecule has 20 heavy (non-hydrogen) atoms. The van der Waals surface area contributed by atoms with E-state index >= 15 is 0 Å². The van der Waals surface area contributed by atoms with Crippen molar-refractivity contribution in [3.8, 4) is 0 Å². The fourth-order valence-electron chi connectivity index (χ4n) is 2.81. The topological polar surface area (TPSA) is 32.3 Å². The van der Waals surface area contributed by atoms with Crippen molar-refractivity contribution in [3.05, 3.63) is 70.8 Å². The summed E-state index contributed by atoms with van der Waals surface area (Å²) in [5.74, 6) is -1.38. The van der Waals surface area contributed by atoms with Gasteiger partial charge in [0.25, 0.3) is 0 Å². The number of fused-ring (bicyclic) bond motifs is 1. The maximum Gasteiger partial charge on any atom is 0.126 e. The SMILES string of the molecule is CC(O)(c1cc(F)cc(F)c1)C1NCc2ccccc21. The Morgan fingerprint density at radius 1 is 1.15 bits per heavy atom. The van der Waals surface area contributed by atoms with E-state index < -0.39 is 17.2 Å². The first kappa shape index (κ1) is 13.2. The van der Waals surface area contributed by atoms with Crippen molar-refractivity contribution in [1.29, 1.82) is 0 Å². The fraction of sp³-hybridized carbons (Fsp3) is 0.250. The molecule has 0 radical (unpaired) electrons. The van der Waals surface area contributed by atoms with Crippen LogP contribution in [0.4, 0.5) is 8.78 Å². The predicted octanol–water partition coefficient (Wildman–Crippen LogP) is 3.02. The Morgan fingerprint density at radius 3 is 2.50 bits per heavy atom. The maximum atomic E-state index is 13.4. The number of nitrogens with one attached hydrogen (secondary N) is 1. The monoisotopic (exact) mass is 275 g/mol. The van der Waals surface area contributed by atoms with Gasteiger partial charge in [-0.15, -0.1) is 0 Å². The third-order valence-electron chi connectivity index (χ3n) is 3.87. The van der Waals surface area contributed by atoms with E-state index in [-0.39, 0.29) is 11.6 Å². The summed E-state index contributed by atoms with van der Waals surface area (Å²) in [5.41, 5.74) is 0.885. The molecule has 0 fully saturated rings. The molecular formula is C16H15F2NO. The molecule has 2 atom stereocenters. The Kier molecular flexibility index (Phi) is 3.07. The summed E-state index contributed by atoms with van der Waals surface area (Å²) in [7, 11) is 0. The Balaban J connectivity index is 2.05. The second kappa shape index (κ2) is 4.65. The van der Waals surface area contributed by atoms with Gasteiger partial charge in [-0.3, -0.25) is 0 Å². The Labute approximate surface area is 116 Å². The van der Waals surface area contributed by atoms with Gasteiger partial charge in [-0.1, -0.05) is 24.3 Å². The van der Waals surface area contributed by atoms with Gasteiger partial charge in [0.1, 0.15) is 17.2 Å². The van der Waals surface area contributed by atoms with Crippen LogP contribution in [0, 0.1) is 11.6 Å². The van der Waals surface area contributed by atoms with Gasteiger partial charge in [-0.25, -0.2) is 8.78 Å². The molecule has 0 aliphatic carbocycles. The zero-order chi connectivity index (χ0) is 14.3. The summed E-state index contributed by atoms with van der Waals surface area (Å²) in [6, 6.07) is 10.5. The van der Waals surface area contributed by atoms with Crippen LogP contribution in [-0.4, -0.2) is 5.11 Å². The average molecular weight is 275 g/mol. The number of benzene rings is 2. The number of hydrogen-bond acceptors (Lipinski definition) is 2. The fourth-order valence-corrected chi connectivity index (χ4v) is 2.81. The minimum atomic E-state index is -1.39. The molecule has 1 aliphatic rings. The first-order valence-corrected chi connectivity index (χ1v) is 6.48. The van der Waals surface area contributed by atoms with Crippen LogP contribution in [0.5, 0.6) is 0 Å². The molecule has 0 saturated carbocycles. The highest BCUT2D eigenvalue weighted by atomic mass is 19.1. The van der Waals surface area contributed by atoms with Crippen molar-refractivity contribution in [2.24, 2.45) is 0 Å². The lowest BCUT2D eigenvalue weighted by Crippen LogP contribution is -2.36. The molecule has 0 amide bonds. The van der Waals surface area contributed by atoms with E-state index in [1.807, 2.05) is 24.3 Å². The van der Waals surface area contributed by atoms with Gasteiger partial charge >= 0.3 is 0 Å². The van der Waals surface area contributed by atoms with Crippen molar-refractivity contribution in [3.63, 3.8) is 0 Å². The third-order valence-corrected chi connectivity index (χ3v) is 3.87. The second-order valence-electron chi connectivity index (χ2n) is 5.32. The van der Waals surface area contributed by atoms with Crippen molar-refractivity contribution in [1.82, 2.24) is 5.32 Å². The van der Waals surface area contributed by atoms with E-state index in [1.54, 1.807) is 6.92 Å². The molecule has 0 aromatic heterocycles. The lowest BCUT2D eigenvalue weighted by atomic mass is 9.84. The summed E-state index contributed by atoms with van der Waals surface area (Å²) < 4.78 is 26.7. The van der Waals surface area contributed by atoms with Crippen LogP contribution in [0.2, 0.25) is 0 Å². The highest BCUT2D eigenvalue weighted by molar-refractivity contribution is 5.38. The van der Waals surface area contributed by atoms with Gasteiger partial charge in [0.15, 0.2) is 0 Å². The van der Waals surface area contributed by atoms with Gasteiger partial charge in [0, 0.05) is 12.6 Å². The zero-order valence-corrected chi connectivity index (χ0v) is 11.0. The van der Waals surface area contributed by atoms with Crippen LogP contribution in [0.15, 0.2) is 42.5 Å². The van der Waals surface area contributed by atoms with Crippen molar-refractivity contribution < 1.29 is 13.9 Å². The normalized spacial score (nSPS) is 20.5. The van der Waals surface area contributed by atoms with E-state index in [1.165, 1.54) is 12.1 Å². The van der Waals surface area contributed by atoms with Crippen LogP contribution in [-0.2, 0) is 12.1 Å². The van der Waals surface area contributed by atoms with Gasteiger partial charge in [-0.2, -0.15) is 0 Å². The Bertz CT molecular complexity index is 634. The highest BCUT2D eigenvalue weighted by Gasteiger charge is 2.39. The van der Waals surface area contributed by atoms with Crippen LogP contribution in [0.3, 0.4) is 0 Å². The van der Waals surface area contributed by atoms with E-state index in [0.717, 1.165) is 17.2 Å². The van der Waals surface area contributed by atoms with Gasteiger partial charge in [-0.05, 0) is 35.7 Å². The summed E-state index contributed by atoms with van der Waals surface area (Å²) >= 11 is 0. The molecule has 4 heteroatoms. The molecule has 3 rings (SSSR count). The third kappa shape index (κ3) is 2.11. The number of halogens is 2. The largest absolute Gasteiger partial charge is 0.383 e. The molecule has 0 saturated heterocycles. The second-order valence-corrected chi connectivity index (χ2v) is 5.32. The molecule has 0 spiro atoms. The molecule has 0 bridgehead atoms. The predicted molar refractivity (Wildman–Crippen MR) is 72.0 cm³/mol. The van der Waals surface area contributed by atoms with Crippen LogP contribution in [0.25, 0.3) is 0 Å². The molecule has 104 valence electrons. The minimum Gasteiger partial charge on any atom is -0.383 e. The van der Waals surface area contributed by atoms with Crippen LogP contribution in [0.1, 0.15) is 29.7 Å². The van der Waals surface area contributed by atoms with Crippen molar-refractivity contribution >= 4 is 0 Å². The van der Waals surface area contributed by atoms with E-state index in [9.17, 15) is 13.9 Å². The Morgan fingerprint density at radius 2 is 1.80 bits per heavy atom. The molecule has 1 heterocycles. The molecule has 2 aromatic carbocycles. The molecule has 2 nitrogen and oxygen atoms in total. The summed E-state index contributed by atoms with van der Waals surface area (Å²) in [4.78, 5) is 0. The standard InChI is InChI=1S/C16H15F2NO/c1-16(20,11-6-12(17)8-13(18)7-11)15-14-5-3-2-4-10(14)9-19-15/h2-8,15,19-20H,9H2,1H3. The quantitative estimate of drug-likeness (QED) is 0.883. The first-order chi connectivity index (χ1) is 9.48. The minimum absolute atomic E-state index is 0.226. The lowest BCUT2D eigenvalue weighted by Gasteiger charge is -2.31. The molecule has 1 aliphatic heterocycles. The van der Waals surface area contributed by atoms with E-state index in [2.05, 4.69) is 5.32 Å². The number of aliphatic hydroxyl groups is 1.